The van der Waals surface area contributed by atoms with Crippen LogP contribution in [0.15, 0.2) is 23.5 Å². The summed E-state index contributed by atoms with van der Waals surface area (Å²) in [5, 5.41) is 0. The molecule has 0 atom stereocenters. The largest absolute Gasteiger partial charge is 0.494 e. The molecule has 1 aromatic heterocycles. The van der Waals surface area contributed by atoms with Crippen LogP contribution in [0.1, 0.15) is 70.1 Å². The predicted octanol–water partition coefficient (Wildman–Crippen LogP) is 5.15. The molecule has 0 N–H and O–H groups in total. The highest BCUT2D eigenvalue weighted by molar-refractivity contribution is 5.29. The lowest BCUT2D eigenvalue weighted by molar-refractivity contribution is 0.242. The van der Waals surface area contributed by atoms with Crippen molar-refractivity contribution in [1.82, 2.24) is 14.5 Å². The predicted molar refractivity (Wildman–Crippen MR) is 109 cm³/mol. The van der Waals surface area contributed by atoms with Crippen LogP contribution in [0.25, 0.3) is 0 Å². The highest BCUT2D eigenvalue weighted by Crippen LogP contribution is 2.22. The third kappa shape index (κ3) is 5.73. The van der Waals surface area contributed by atoms with E-state index in [-0.39, 0.29) is 0 Å². The van der Waals surface area contributed by atoms with E-state index in [1.54, 1.807) is 0 Å². The van der Waals surface area contributed by atoms with Crippen LogP contribution in [0, 0.1) is 13.8 Å². The Balaban J connectivity index is 2.10. The van der Waals surface area contributed by atoms with Gasteiger partial charge in [0.05, 0.1) is 18.0 Å². The summed E-state index contributed by atoms with van der Waals surface area (Å²) in [6, 6.07) is 0. The Morgan fingerprint density at radius 1 is 1.12 bits per heavy atom. The van der Waals surface area contributed by atoms with Crippen molar-refractivity contribution >= 4 is 0 Å². The summed E-state index contributed by atoms with van der Waals surface area (Å²) in [5.74, 6) is 2.19. The summed E-state index contributed by atoms with van der Waals surface area (Å²) in [4.78, 5) is 7.34. The molecule has 0 aliphatic heterocycles. The molecule has 0 saturated heterocycles. The van der Waals surface area contributed by atoms with E-state index in [0.717, 1.165) is 50.8 Å². The van der Waals surface area contributed by atoms with Gasteiger partial charge in [-0.1, -0.05) is 26.7 Å². The third-order valence-electron chi connectivity index (χ3n) is 5.05. The second kappa shape index (κ2) is 10.6. The van der Waals surface area contributed by atoms with E-state index in [1.807, 2.05) is 6.92 Å². The maximum Gasteiger partial charge on any atom is 0.115 e. The average Bonchev–Trinajstić information content (AvgIpc) is 3.16. The maximum atomic E-state index is 5.65. The zero-order chi connectivity index (χ0) is 18.9. The van der Waals surface area contributed by atoms with Gasteiger partial charge in [-0.05, 0) is 64.3 Å². The second-order valence-electron chi connectivity index (χ2n) is 7.31. The highest BCUT2D eigenvalue weighted by atomic mass is 16.5. The Kier molecular flexibility index (Phi) is 8.43. The standard InChI is InChI=1S/C22H37N3O/c1-6-9-13-24(16-20-11-12-21(15-20)26-8-3)17-22-18(4)23-19(5)25(22)14-10-7-2/h12,15H,6-11,13-14,16-17H2,1-5H3. The molecule has 4 nitrogen and oxygen atoms in total. The Hall–Kier alpha value is -1.55. The van der Waals surface area contributed by atoms with Crippen LogP contribution in [-0.2, 0) is 17.8 Å². The molecule has 0 fully saturated rings. The number of unbranched alkanes of at least 4 members (excludes halogenated alkanes) is 2. The van der Waals surface area contributed by atoms with Gasteiger partial charge in [0, 0.05) is 19.6 Å². The van der Waals surface area contributed by atoms with Gasteiger partial charge in [0.25, 0.3) is 0 Å². The van der Waals surface area contributed by atoms with Gasteiger partial charge in [-0.15, -0.1) is 0 Å². The number of allylic oxidation sites excluding steroid dienone is 2. The molecular weight excluding hydrogens is 322 g/mol. The van der Waals surface area contributed by atoms with Gasteiger partial charge in [0.1, 0.15) is 11.6 Å². The van der Waals surface area contributed by atoms with E-state index in [4.69, 9.17) is 9.72 Å². The van der Waals surface area contributed by atoms with Crippen LogP contribution in [0.5, 0.6) is 0 Å². The molecule has 1 aliphatic carbocycles. The number of rotatable bonds is 12. The van der Waals surface area contributed by atoms with Crippen molar-refractivity contribution < 1.29 is 4.74 Å². The third-order valence-corrected chi connectivity index (χ3v) is 5.05. The monoisotopic (exact) mass is 359 g/mol. The summed E-state index contributed by atoms with van der Waals surface area (Å²) >= 11 is 0. The molecule has 0 saturated carbocycles. The number of hydrogen-bond acceptors (Lipinski definition) is 3. The smallest absolute Gasteiger partial charge is 0.115 e. The summed E-state index contributed by atoms with van der Waals surface area (Å²) in [5.41, 5.74) is 4.04. The Labute approximate surface area is 159 Å². The number of imidazole rings is 1. The SMILES string of the molecule is CCCCN(CC1=CC(OCC)=CC1)Cc1c(C)nc(C)n1CCCC. The Bertz CT molecular complexity index is 628. The number of hydrogen-bond donors (Lipinski definition) is 0. The van der Waals surface area contributed by atoms with Gasteiger partial charge in [0.15, 0.2) is 0 Å². The molecule has 2 rings (SSSR count). The van der Waals surface area contributed by atoms with Gasteiger partial charge < -0.3 is 9.30 Å². The van der Waals surface area contributed by atoms with Crippen LogP contribution in [0.3, 0.4) is 0 Å². The van der Waals surface area contributed by atoms with Crippen LogP contribution in [-0.4, -0.2) is 34.1 Å². The number of aromatic nitrogens is 2. The molecule has 0 radical (unpaired) electrons. The van der Waals surface area contributed by atoms with Crippen molar-refractivity contribution in [3.8, 4) is 0 Å². The molecule has 0 aromatic carbocycles. The van der Waals surface area contributed by atoms with E-state index in [0.29, 0.717) is 0 Å². The number of ether oxygens (including phenoxy) is 1. The van der Waals surface area contributed by atoms with E-state index < -0.39 is 0 Å². The second-order valence-corrected chi connectivity index (χ2v) is 7.31. The minimum Gasteiger partial charge on any atom is -0.494 e. The molecular formula is C22H37N3O. The van der Waals surface area contributed by atoms with Gasteiger partial charge in [-0.3, -0.25) is 4.90 Å². The Morgan fingerprint density at radius 2 is 1.88 bits per heavy atom. The summed E-state index contributed by atoms with van der Waals surface area (Å²) in [7, 11) is 0. The molecule has 26 heavy (non-hydrogen) atoms. The summed E-state index contributed by atoms with van der Waals surface area (Å²) < 4.78 is 8.09. The van der Waals surface area contributed by atoms with E-state index in [9.17, 15) is 0 Å². The lowest BCUT2D eigenvalue weighted by atomic mass is 10.2. The first-order chi connectivity index (χ1) is 12.6. The summed E-state index contributed by atoms with van der Waals surface area (Å²) in [6.45, 7) is 15.8. The number of aryl methyl sites for hydroxylation is 2. The molecule has 1 heterocycles. The first kappa shape index (κ1) is 20.8. The molecule has 1 aromatic rings. The normalized spacial score (nSPS) is 14.1. The first-order valence-electron chi connectivity index (χ1n) is 10.4. The Morgan fingerprint density at radius 3 is 2.58 bits per heavy atom. The van der Waals surface area contributed by atoms with Crippen molar-refractivity contribution in [3.05, 3.63) is 40.7 Å². The fourth-order valence-electron chi connectivity index (χ4n) is 3.59. The van der Waals surface area contributed by atoms with Crippen molar-refractivity contribution in [2.24, 2.45) is 0 Å². The van der Waals surface area contributed by atoms with Gasteiger partial charge >= 0.3 is 0 Å². The topological polar surface area (TPSA) is 30.3 Å². The van der Waals surface area contributed by atoms with E-state index in [1.165, 1.54) is 42.6 Å². The molecule has 0 amide bonds. The molecule has 0 spiro atoms. The highest BCUT2D eigenvalue weighted by Gasteiger charge is 2.17. The van der Waals surface area contributed by atoms with Crippen LogP contribution < -0.4 is 0 Å². The molecule has 1 aliphatic rings. The molecule has 146 valence electrons. The van der Waals surface area contributed by atoms with Crippen LogP contribution in [0.2, 0.25) is 0 Å². The van der Waals surface area contributed by atoms with Crippen molar-refractivity contribution in [3.63, 3.8) is 0 Å². The van der Waals surface area contributed by atoms with E-state index >= 15 is 0 Å². The van der Waals surface area contributed by atoms with Crippen molar-refractivity contribution in [1.29, 1.82) is 0 Å². The van der Waals surface area contributed by atoms with E-state index in [2.05, 4.69) is 49.3 Å². The lowest BCUT2D eigenvalue weighted by Gasteiger charge is -2.24. The molecule has 4 heteroatoms. The lowest BCUT2D eigenvalue weighted by Crippen LogP contribution is -2.28. The van der Waals surface area contributed by atoms with Crippen LogP contribution >= 0.6 is 0 Å². The van der Waals surface area contributed by atoms with Gasteiger partial charge in [-0.25, -0.2) is 4.98 Å². The zero-order valence-corrected chi connectivity index (χ0v) is 17.5. The van der Waals surface area contributed by atoms with Crippen molar-refractivity contribution in [2.75, 3.05) is 19.7 Å². The fraction of sp³-hybridized carbons (Fsp3) is 0.682. The molecule has 0 unspecified atom stereocenters. The van der Waals surface area contributed by atoms with Crippen molar-refractivity contribution in [2.45, 2.75) is 79.8 Å². The minimum absolute atomic E-state index is 0.740. The summed E-state index contributed by atoms with van der Waals surface area (Å²) in [6.07, 6.45) is 10.3. The maximum absolute atomic E-state index is 5.65. The molecule has 0 bridgehead atoms. The van der Waals surface area contributed by atoms with Gasteiger partial charge in [-0.2, -0.15) is 0 Å². The van der Waals surface area contributed by atoms with Gasteiger partial charge in [0.2, 0.25) is 0 Å². The first-order valence-corrected chi connectivity index (χ1v) is 10.4. The average molecular weight is 360 g/mol. The number of nitrogens with zero attached hydrogens (tertiary/aromatic N) is 3. The quantitative estimate of drug-likeness (QED) is 0.517. The minimum atomic E-state index is 0.740. The van der Waals surface area contributed by atoms with Crippen LogP contribution in [0.4, 0.5) is 0 Å². The fourth-order valence-corrected chi connectivity index (χ4v) is 3.59. The zero-order valence-electron chi connectivity index (χ0n) is 17.5.